The van der Waals surface area contributed by atoms with Crippen molar-refractivity contribution in [3.63, 3.8) is 0 Å². The average Bonchev–Trinajstić information content (AvgIpc) is 2.02. The fraction of sp³-hybridized carbons (Fsp3) is 0.900. The number of likely N-dealkylation sites (N-methyl/N-ethyl adjacent to an activating group) is 1. The molecule has 0 saturated carbocycles. The zero-order valence-electron chi connectivity index (χ0n) is 9.35. The monoisotopic (exact) mass is 220 g/mol. The molecule has 0 saturated heterocycles. The molecule has 0 rings (SSSR count). The van der Waals surface area contributed by atoms with Gasteiger partial charge in [-0.1, -0.05) is 0 Å². The Labute approximate surface area is 91.8 Å². The highest BCUT2D eigenvalue weighted by Crippen LogP contribution is 1.97. The Kier molecular flexibility index (Phi) is 7.90. The Hall–Kier alpha value is -0.280. The lowest BCUT2D eigenvalue weighted by atomic mass is 10.2. The molecule has 0 aromatic carbocycles. The van der Waals surface area contributed by atoms with Gasteiger partial charge in [-0.2, -0.15) is 0 Å². The van der Waals surface area contributed by atoms with Crippen molar-refractivity contribution in [3.05, 3.63) is 0 Å². The summed E-state index contributed by atoms with van der Waals surface area (Å²) in [5, 5.41) is 2.95. The van der Waals surface area contributed by atoms with Gasteiger partial charge in [0, 0.05) is 24.9 Å². The predicted octanol–water partition coefficient (Wildman–Crippen LogP) is 1.46. The number of hydrogen-bond donors (Lipinski definition) is 1. The highest BCUT2D eigenvalue weighted by atomic mass is 35.5. The molecule has 3 nitrogen and oxygen atoms in total. The van der Waals surface area contributed by atoms with Crippen LogP contribution in [0, 0.1) is 0 Å². The van der Waals surface area contributed by atoms with E-state index in [-0.39, 0.29) is 11.9 Å². The number of unbranched alkanes of at least 4 members (excludes halogenated alkanes) is 1. The molecule has 0 spiro atoms. The van der Waals surface area contributed by atoms with E-state index in [0.717, 1.165) is 19.4 Å². The first kappa shape index (κ1) is 13.7. The lowest BCUT2D eigenvalue weighted by Gasteiger charge is -2.18. The van der Waals surface area contributed by atoms with Crippen LogP contribution in [0.25, 0.3) is 0 Å². The molecular formula is C10H21ClN2O. The molecule has 0 aromatic rings. The summed E-state index contributed by atoms with van der Waals surface area (Å²) >= 11 is 5.52. The van der Waals surface area contributed by atoms with Crippen LogP contribution in [0.4, 0.5) is 0 Å². The smallest absolute Gasteiger partial charge is 0.220 e. The second-order valence-corrected chi connectivity index (χ2v) is 4.25. The number of amides is 1. The van der Waals surface area contributed by atoms with E-state index in [4.69, 9.17) is 11.6 Å². The normalized spacial score (nSPS) is 12.9. The van der Waals surface area contributed by atoms with Crippen LogP contribution in [0.15, 0.2) is 0 Å². The predicted molar refractivity (Wildman–Crippen MR) is 60.7 cm³/mol. The number of hydrogen-bond acceptors (Lipinski definition) is 2. The van der Waals surface area contributed by atoms with E-state index in [9.17, 15) is 4.79 Å². The van der Waals surface area contributed by atoms with Gasteiger partial charge >= 0.3 is 0 Å². The third kappa shape index (κ3) is 8.32. The van der Waals surface area contributed by atoms with Crippen LogP contribution in [0.5, 0.6) is 0 Å². The number of halogens is 1. The number of carbonyl (C=O) groups is 1. The van der Waals surface area contributed by atoms with Gasteiger partial charge in [0.25, 0.3) is 0 Å². The third-order valence-corrected chi connectivity index (χ3v) is 2.10. The maximum Gasteiger partial charge on any atom is 0.220 e. The van der Waals surface area contributed by atoms with Gasteiger partial charge in [0.15, 0.2) is 0 Å². The second kappa shape index (κ2) is 8.06. The highest BCUT2D eigenvalue weighted by molar-refractivity contribution is 6.17. The van der Waals surface area contributed by atoms with Crippen molar-refractivity contribution < 1.29 is 4.79 Å². The van der Waals surface area contributed by atoms with Gasteiger partial charge in [-0.05, 0) is 33.9 Å². The first-order chi connectivity index (χ1) is 6.56. The molecular weight excluding hydrogens is 200 g/mol. The molecule has 0 aliphatic carbocycles. The first-order valence-corrected chi connectivity index (χ1v) is 5.59. The fourth-order valence-electron chi connectivity index (χ4n) is 1.32. The first-order valence-electron chi connectivity index (χ1n) is 5.06. The van der Waals surface area contributed by atoms with Gasteiger partial charge in [0.05, 0.1) is 0 Å². The van der Waals surface area contributed by atoms with Crippen LogP contribution in [-0.2, 0) is 4.79 Å². The Bertz CT molecular complexity index is 162. The number of nitrogens with one attached hydrogen (secondary N) is 1. The zero-order chi connectivity index (χ0) is 11.0. The summed E-state index contributed by atoms with van der Waals surface area (Å²) in [7, 11) is 3.99. The minimum atomic E-state index is 0.129. The van der Waals surface area contributed by atoms with Crippen molar-refractivity contribution in [1.29, 1.82) is 0 Å². The van der Waals surface area contributed by atoms with E-state index >= 15 is 0 Å². The summed E-state index contributed by atoms with van der Waals surface area (Å²) in [6.45, 7) is 2.89. The molecule has 4 heteroatoms. The van der Waals surface area contributed by atoms with Gasteiger partial charge < -0.3 is 10.2 Å². The Morgan fingerprint density at radius 3 is 2.57 bits per heavy atom. The topological polar surface area (TPSA) is 32.3 Å². The molecule has 14 heavy (non-hydrogen) atoms. The van der Waals surface area contributed by atoms with Gasteiger partial charge in [0.1, 0.15) is 0 Å². The summed E-state index contributed by atoms with van der Waals surface area (Å²) in [5.74, 6) is 0.769. The maximum atomic E-state index is 11.3. The third-order valence-electron chi connectivity index (χ3n) is 1.83. The Balaban J connectivity index is 3.50. The molecule has 1 unspecified atom stereocenters. The van der Waals surface area contributed by atoms with Gasteiger partial charge in [-0.15, -0.1) is 11.6 Å². The molecule has 0 aliphatic rings. The van der Waals surface area contributed by atoms with Crippen molar-refractivity contribution in [3.8, 4) is 0 Å². The fourth-order valence-corrected chi connectivity index (χ4v) is 1.51. The van der Waals surface area contributed by atoms with Crippen LogP contribution in [-0.4, -0.2) is 43.4 Å². The van der Waals surface area contributed by atoms with Crippen molar-refractivity contribution in [2.45, 2.75) is 32.2 Å². The van der Waals surface area contributed by atoms with Crippen LogP contribution < -0.4 is 5.32 Å². The van der Waals surface area contributed by atoms with E-state index in [1.54, 1.807) is 0 Å². The molecule has 0 bridgehead atoms. The summed E-state index contributed by atoms with van der Waals surface area (Å²) in [6.07, 6.45) is 2.38. The van der Waals surface area contributed by atoms with Gasteiger partial charge in [-0.3, -0.25) is 4.79 Å². The van der Waals surface area contributed by atoms with E-state index in [2.05, 4.69) is 10.2 Å². The van der Waals surface area contributed by atoms with Crippen LogP contribution >= 0.6 is 11.6 Å². The minimum absolute atomic E-state index is 0.129. The lowest BCUT2D eigenvalue weighted by molar-refractivity contribution is -0.121. The quantitative estimate of drug-likeness (QED) is 0.521. The summed E-state index contributed by atoms with van der Waals surface area (Å²) < 4.78 is 0. The standard InChI is InChI=1S/C10H21ClN2O/c1-9(8-13(2)3)12-10(14)6-4-5-7-11/h9H,4-8H2,1-3H3,(H,12,14). The molecule has 0 aromatic heterocycles. The van der Waals surface area contributed by atoms with E-state index in [1.165, 1.54) is 0 Å². The number of alkyl halides is 1. The second-order valence-electron chi connectivity index (χ2n) is 3.88. The summed E-state index contributed by atoms with van der Waals surface area (Å²) in [6, 6.07) is 0.216. The van der Waals surface area contributed by atoms with Crippen LogP contribution in [0.3, 0.4) is 0 Å². The van der Waals surface area contributed by atoms with E-state index in [1.807, 2.05) is 21.0 Å². The largest absolute Gasteiger partial charge is 0.352 e. The number of carbonyl (C=O) groups excluding carboxylic acids is 1. The van der Waals surface area contributed by atoms with Gasteiger partial charge in [0.2, 0.25) is 5.91 Å². The van der Waals surface area contributed by atoms with Crippen LogP contribution in [0.2, 0.25) is 0 Å². The molecule has 84 valence electrons. The zero-order valence-corrected chi connectivity index (χ0v) is 10.1. The highest BCUT2D eigenvalue weighted by Gasteiger charge is 2.07. The SMILES string of the molecule is CC(CN(C)C)NC(=O)CCCCCl. The minimum Gasteiger partial charge on any atom is -0.352 e. The Morgan fingerprint density at radius 1 is 1.43 bits per heavy atom. The molecule has 1 amide bonds. The molecule has 0 radical (unpaired) electrons. The lowest BCUT2D eigenvalue weighted by Crippen LogP contribution is -2.39. The average molecular weight is 221 g/mol. The van der Waals surface area contributed by atoms with E-state index < -0.39 is 0 Å². The van der Waals surface area contributed by atoms with Crippen molar-refractivity contribution in [2.24, 2.45) is 0 Å². The molecule has 0 fully saturated rings. The van der Waals surface area contributed by atoms with E-state index in [0.29, 0.717) is 12.3 Å². The summed E-state index contributed by atoms with van der Waals surface area (Å²) in [5.41, 5.74) is 0. The number of nitrogens with zero attached hydrogens (tertiary/aromatic N) is 1. The molecule has 0 heterocycles. The van der Waals surface area contributed by atoms with Crippen molar-refractivity contribution >= 4 is 17.5 Å². The Morgan fingerprint density at radius 2 is 2.07 bits per heavy atom. The van der Waals surface area contributed by atoms with Crippen molar-refractivity contribution in [1.82, 2.24) is 10.2 Å². The molecule has 0 aliphatic heterocycles. The maximum absolute atomic E-state index is 11.3. The summed E-state index contributed by atoms with van der Waals surface area (Å²) in [4.78, 5) is 13.4. The number of rotatable bonds is 7. The van der Waals surface area contributed by atoms with Gasteiger partial charge in [-0.25, -0.2) is 0 Å². The van der Waals surface area contributed by atoms with Crippen LogP contribution in [0.1, 0.15) is 26.2 Å². The van der Waals surface area contributed by atoms with Crippen molar-refractivity contribution in [2.75, 3.05) is 26.5 Å². The molecule has 1 N–H and O–H groups in total. The molecule has 1 atom stereocenters.